The lowest BCUT2D eigenvalue weighted by Crippen LogP contribution is -2.62. The predicted octanol–water partition coefficient (Wildman–Crippen LogP) is 3.11. The van der Waals surface area contributed by atoms with Crippen LogP contribution >= 0.6 is 0 Å². The molecule has 0 aliphatic carbocycles. The van der Waals surface area contributed by atoms with Crippen LogP contribution in [0.2, 0.25) is 0 Å². The van der Waals surface area contributed by atoms with Gasteiger partial charge in [0.25, 0.3) is 5.91 Å². The zero-order valence-corrected chi connectivity index (χ0v) is 26.9. The van der Waals surface area contributed by atoms with E-state index >= 15 is 0 Å². The number of nitrogens with zero attached hydrogens (tertiary/aromatic N) is 5. The highest BCUT2D eigenvalue weighted by Crippen LogP contribution is 2.45. The molecule has 3 fully saturated rings. The zero-order valence-electron chi connectivity index (χ0n) is 26.1. The number of sulfonamides is 1. The highest BCUT2D eigenvalue weighted by Gasteiger charge is 2.47. The first-order valence-corrected chi connectivity index (χ1v) is 17.0. The Morgan fingerprint density at radius 2 is 2.02 bits per heavy atom. The van der Waals surface area contributed by atoms with Crippen LogP contribution in [0.25, 0.3) is 0 Å². The zero-order chi connectivity index (χ0) is 32.4. The van der Waals surface area contributed by atoms with Gasteiger partial charge in [0.15, 0.2) is 17.4 Å². The van der Waals surface area contributed by atoms with Crippen molar-refractivity contribution in [2.24, 2.45) is 5.41 Å². The second kappa shape index (κ2) is 13.3. The minimum Gasteiger partial charge on any atom is -0.451 e. The SMILES string of the molecule is C=CS(=O)(=O)N[C@@H]1CC[C@](O)(CN2CCC3(CC2)CN(c2ncncc2Oc2ccc(F)cc2C(=O)N(CC)C(C)C)C3)OC1. The fraction of sp³-hybridized carbons (Fsp3) is 0.581. The maximum absolute atomic E-state index is 14.2. The van der Waals surface area contributed by atoms with Crippen molar-refractivity contribution < 1.29 is 32.2 Å². The molecule has 3 aliphatic rings. The molecule has 2 aromatic rings. The van der Waals surface area contributed by atoms with Gasteiger partial charge in [-0.1, -0.05) is 6.58 Å². The number of likely N-dealkylation sites (tertiary alicyclic amines) is 1. The van der Waals surface area contributed by atoms with Crippen LogP contribution in [0.3, 0.4) is 0 Å². The minimum atomic E-state index is -3.56. The van der Waals surface area contributed by atoms with E-state index in [1.165, 1.54) is 24.5 Å². The number of nitrogens with one attached hydrogen (secondary N) is 1. The molecular formula is C31H43FN6O6S. The van der Waals surface area contributed by atoms with Crippen molar-refractivity contribution in [3.8, 4) is 11.5 Å². The van der Waals surface area contributed by atoms with E-state index in [0.717, 1.165) is 44.4 Å². The Labute approximate surface area is 264 Å². The third-order valence-electron chi connectivity index (χ3n) is 9.00. The van der Waals surface area contributed by atoms with Crippen LogP contribution in [0.1, 0.15) is 56.8 Å². The number of anilines is 1. The summed E-state index contributed by atoms with van der Waals surface area (Å²) in [6.45, 7) is 13.1. The van der Waals surface area contributed by atoms with Crippen LogP contribution in [0, 0.1) is 11.2 Å². The number of rotatable bonds is 11. The van der Waals surface area contributed by atoms with Gasteiger partial charge < -0.3 is 24.4 Å². The van der Waals surface area contributed by atoms with E-state index in [1.807, 2.05) is 20.8 Å². The van der Waals surface area contributed by atoms with Crippen molar-refractivity contribution in [3.05, 3.63) is 54.1 Å². The predicted molar refractivity (Wildman–Crippen MR) is 167 cm³/mol. The van der Waals surface area contributed by atoms with Crippen LogP contribution in [0.15, 0.2) is 42.7 Å². The summed E-state index contributed by atoms with van der Waals surface area (Å²) in [4.78, 5) is 27.9. The number of aliphatic hydroxyl groups is 1. The third-order valence-corrected chi connectivity index (χ3v) is 10.1. The monoisotopic (exact) mass is 646 g/mol. The van der Waals surface area contributed by atoms with Crippen LogP contribution < -0.4 is 14.4 Å². The van der Waals surface area contributed by atoms with Crippen molar-refractivity contribution in [1.29, 1.82) is 0 Å². The fourth-order valence-electron chi connectivity index (χ4n) is 6.47. The molecule has 2 atom stereocenters. The molecule has 4 heterocycles. The average molecular weight is 647 g/mol. The van der Waals surface area contributed by atoms with Gasteiger partial charge in [0.1, 0.15) is 17.9 Å². The largest absolute Gasteiger partial charge is 0.451 e. The summed E-state index contributed by atoms with van der Waals surface area (Å²) in [6.07, 6.45) is 5.69. The van der Waals surface area contributed by atoms with Gasteiger partial charge in [-0.05, 0) is 71.3 Å². The van der Waals surface area contributed by atoms with Gasteiger partial charge in [-0.2, -0.15) is 0 Å². The summed E-state index contributed by atoms with van der Waals surface area (Å²) in [6, 6.07) is 3.48. The molecule has 3 saturated heterocycles. The lowest BCUT2D eigenvalue weighted by atomic mass is 9.72. The molecular weight excluding hydrogens is 603 g/mol. The summed E-state index contributed by atoms with van der Waals surface area (Å²) in [7, 11) is -3.56. The van der Waals surface area contributed by atoms with Crippen LogP contribution in [0.5, 0.6) is 11.5 Å². The molecule has 3 aliphatic heterocycles. The molecule has 1 spiro atoms. The Morgan fingerprint density at radius 1 is 1.29 bits per heavy atom. The Hall–Kier alpha value is -3.17. The van der Waals surface area contributed by atoms with Gasteiger partial charge in [0.2, 0.25) is 10.0 Å². The third kappa shape index (κ3) is 7.63. The lowest BCUT2D eigenvalue weighted by Gasteiger charge is -2.55. The molecule has 0 saturated carbocycles. The molecule has 0 bridgehead atoms. The maximum Gasteiger partial charge on any atom is 0.257 e. The number of benzene rings is 1. The molecule has 246 valence electrons. The highest BCUT2D eigenvalue weighted by atomic mass is 32.2. The quantitative estimate of drug-likeness (QED) is 0.375. The molecule has 0 radical (unpaired) electrons. The van der Waals surface area contributed by atoms with Crippen LogP contribution in [-0.4, -0.2) is 103 Å². The first-order valence-electron chi connectivity index (χ1n) is 15.4. The normalized spacial score (nSPS) is 23.5. The molecule has 1 amide bonds. The van der Waals surface area contributed by atoms with Gasteiger partial charge in [0, 0.05) is 49.0 Å². The summed E-state index contributed by atoms with van der Waals surface area (Å²) in [5.41, 5.74) is 0.239. The molecule has 5 rings (SSSR count). The summed E-state index contributed by atoms with van der Waals surface area (Å²) in [5.74, 6) is -0.896. The molecule has 14 heteroatoms. The Kier molecular flexibility index (Phi) is 9.80. The van der Waals surface area contributed by atoms with E-state index < -0.39 is 27.7 Å². The van der Waals surface area contributed by atoms with Gasteiger partial charge in [0.05, 0.1) is 24.9 Å². The number of hydrogen-bond acceptors (Lipinski definition) is 10. The first kappa shape index (κ1) is 33.2. The van der Waals surface area contributed by atoms with E-state index in [1.54, 1.807) is 11.1 Å². The molecule has 45 heavy (non-hydrogen) atoms. The summed E-state index contributed by atoms with van der Waals surface area (Å²) >= 11 is 0. The standard InChI is InChI=1S/C31H43FN6O6S/c1-5-38(22(3)4)29(39)25-15-23(32)7-8-26(25)44-27-16-33-21-34-28(27)37-18-30(19-37)11-13-36(14-12-30)20-31(40)10-9-24(17-43-31)35-45(41,42)6-2/h6-8,15-16,21-22,24,35,40H,2,5,9-14,17-20H2,1,3-4H3/t24-,31-/m1/s1. The van der Waals surface area contributed by atoms with E-state index in [9.17, 15) is 22.7 Å². The second-order valence-electron chi connectivity index (χ2n) is 12.6. The lowest BCUT2D eigenvalue weighted by molar-refractivity contribution is -0.239. The van der Waals surface area contributed by atoms with Crippen molar-refractivity contribution in [1.82, 2.24) is 24.5 Å². The van der Waals surface area contributed by atoms with Crippen molar-refractivity contribution in [3.63, 3.8) is 0 Å². The topological polar surface area (TPSA) is 137 Å². The average Bonchev–Trinajstić information content (AvgIpc) is 2.99. The van der Waals surface area contributed by atoms with E-state index in [0.29, 0.717) is 37.5 Å². The maximum atomic E-state index is 14.2. The van der Waals surface area contributed by atoms with E-state index in [-0.39, 0.29) is 35.3 Å². The molecule has 2 N–H and O–H groups in total. The van der Waals surface area contributed by atoms with Crippen LogP contribution in [0.4, 0.5) is 10.2 Å². The van der Waals surface area contributed by atoms with Crippen LogP contribution in [-0.2, 0) is 14.8 Å². The Bertz CT molecular complexity index is 1480. The number of halogens is 1. The number of β-amino-alcohol motifs (C(OH)–C–C–N with tert-alkyl or cyclic N) is 1. The Balaban J connectivity index is 1.18. The fourth-order valence-corrected chi connectivity index (χ4v) is 7.21. The number of ether oxygens (including phenoxy) is 2. The highest BCUT2D eigenvalue weighted by molar-refractivity contribution is 7.92. The van der Waals surface area contributed by atoms with Gasteiger partial charge in [-0.25, -0.2) is 27.5 Å². The molecule has 12 nitrogen and oxygen atoms in total. The molecule has 0 unspecified atom stereocenters. The van der Waals surface area contributed by atoms with E-state index in [2.05, 4.69) is 31.1 Å². The molecule has 1 aromatic carbocycles. The second-order valence-corrected chi connectivity index (χ2v) is 14.3. The number of carbonyl (C=O) groups excluding carboxylic acids is 1. The number of piperidine rings is 1. The van der Waals surface area contributed by atoms with Gasteiger partial charge in [-0.3, -0.25) is 9.69 Å². The number of aromatic nitrogens is 2. The summed E-state index contributed by atoms with van der Waals surface area (Å²) < 4.78 is 52.2. The Morgan fingerprint density at radius 3 is 2.64 bits per heavy atom. The minimum absolute atomic E-state index is 0.0609. The van der Waals surface area contributed by atoms with Crippen molar-refractivity contribution in [2.45, 2.75) is 64.3 Å². The first-order chi connectivity index (χ1) is 21.3. The smallest absolute Gasteiger partial charge is 0.257 e. The van der Waals surface area contributed by atoms with Crippen molar-refractivity contribution >= 4 is 21.7 Å². The molecule has 1 aromatic heterocycles. The van der Waals surface area contributed by atoms with Gasteiger partial charge >= 0.3 is 0 Å². The van der Waals surface area contributed by atoms with Crippen molar-refractivity contribution in [2.75, 3.05) is 50.8 Å². The van der Waals surface area contributed by atoms with E-state index in [4.69, 9.17) is 9.47 Å². The number of carbonyl (C=O) groups is 1. The van der Waals surface area contributed by atoms with Gasteiger partial charge in [-0.15, -0.1) is 0 Å². The number of amides is 1. The number of hydrogen-bond donors (Lipinski definition) is 2. The summed E-state index contributed by atoms with van der Waals surface area (Å²) in [5, 5.41) is 11.9.